The van der Waals surface area contributed by atoms with E-state index in [2.05, 4.69) is 24.1 Å². The summed E-state index contributed by atoms with van der Waals surface area (Å²) >= 11 is 0. The smallest absolute Gasteiger partial charge is 0.252 e. The monoisotopic (exact) mass is 285 g/mol. The number of carbonyl (C=O) groups excluding carboxylic acids is 1. The Balaban J connectivity index is 2.15. The van der Waals surface area contributed by atoms with Crippen LogP contribution in [-0.2, 0) is 0 Å². The maximum Gasteiger partial charge on any atom is 0.252 e. The zero-order valence-electron chi connectivity index (χ0n) is 12.8. The number of amides is 1. The fourth-order valence-electron chi connectivity index (χ4n) is 2.92. The zero-order chi connectivity index (χ0) is 15.2. The third kappa shape index (κ3) is 4.34. The van der Waals surface area contributed by atoms with Crippen molar-refractivity contribution in [3.63, 3.8) is 0 Å². The molecule has 112 valence electrons. The highest BCUT2D eigenvalue weighted by Crippen LogP contribution is 2.24. The highest BCUT2D eigenvalue weighted by molar-refractivity contribution is 5.97. The van der Waals surface area contributed by atoms with Crippen molar-refractivity contribution >= 4 is 5.91 Å². The van der Waals surface area contributed by atoms with E-state index in [1.165, 1.54) is 12.8 Å². The second-order valence-electron chi connectivity index (χ2n) is 5.95. The van der Waals surface area contributed by atoms with Gasteiger partial charge in [-0.3, -0.25) is 4.79 Å². The van der Waals surface area contributed by atoms with Gasteiger partial charge in [-0.05, 0) is 37.8 Å². The largest absolute Gasteiger partial charge is 0.384 e. The Morgan fingerprint density at radius 2 is 2.24 bits per heavy atom. The molecule has 0 aliphatic heterocycles. The molecule has 1 amide bonds. The van der Waals surface area contributed by atoms with E-state index in [1.54, 1.807) is 0 Å². The first-order chi connectivity index (χ1) is 10.1. The quantitative estimate of drug-likeness (QED) is 0.821. The zero-order valence-corrected chi connectivity index (χ0v) is 12.8. The average molecular weight is 285 g/mol. The maximum atomic E-state index is 12.5. The fraction of sp³-hybridized carbons (Fsp3) is 0.500. The predicted octanol–water partition coefficient (Wildman–Crippen LogP) is 2.65. The van der Waals surface area contributed by atoms with E-state index in [-0.39, 0.29) is 18.6 Å². The van der Waals surface area contributed by atoms with Crippen LogP contribution in [0, 0.1) is 24.7 Å². The Hall–Kier alpha value is -1.79. The van der Waals surface area contributed by atoms with Crippen molar-refractivity contribution in [2.24, 2.45) is 5.92 Å². The number of rotatable bonds is 2. The molecule has 1 aromatic carbocycles. The molecule has 0 bridgehead atoms. The minimum atomic E-state index is -0.199. The van der Waals surface area contributed by atoms with Gasteiger partial charge >= 0.3 is 0 Å². The standard InChI is InChI=1S/C18H23NO2/c1-13-5-3-7-16(11-13)19-18(21)17-12-14(2)8-9-15(17)6-4-10-20/h8-9,12-13,16,20H,3,5,7,10-11H2,1-2H3,(H,19,21). The summed E-state index contributed by atoms with van der Waals surface area (Å²) < 4.78 is 0. The Bertz CT molecular complexity index is 568. The van der Waals surface area contributed by atoms with Crippen LogP contribution in [0.15, 0.2) is 18.2 Å². The van der Waals surface area contributed by atoms with Gasteiger partial charge in [0.1, 0.15) is 6.61 Å². The fourth-order valence-corrected chi connectivity index (χ4v) is 2.92. The number of benzene rings is 1. The van der Waals surface area contributed by atoms with Crippen LogP contribution in [0.5, 0.6) is 0 Å². The lowest BCUT2D eigenvalue weighted by Gasteiger charge is -2.27. The van der Waals surface area contributed by atoms with Crippen LogP contribution in [-0.4, -0.2) is 23.7 Å². The van der Waals surface area contributed by atoms with E-state index in [1.807, 2.05) is 25.1 Å². The molecule has 2 unspecified atom stereocenters. The van der Waals surface area contributed by atoms with Gasteiger partial charge in [-0.2, -0.15) is 0 Å². The van der Waals surface area contributed by atoms with Gasteiger partial charge in [0, 0.05) is 11.6 Å². The van der Waals surface area contributed by atoms with Crippen molar-refractivity contribution in [3.05, 3.63) is 34.9 Å². The van der Waals surface area contributed by atoms with Crippen LogP contribution in [0.4, 0.5) is 0 Å². The van der Waals surface area contributed by atoms with Crippen LogP contribution in [0.25, 0.3) is 0 Å². The summed E-state index contributed by atoms with van der Waals surface area (Å²) in [6.45, 7) is 4.00. The van der Waals surface area contributed by atoms with Gasteiger partial charge in [-0.1, -0.05) is 43.2 Å². The molecule has 0 heterocycles. The number of hydrogen-bond acceptors (Lipinski definition) is 2. The summed E-state index contributed by atoms with van der Waals surface area (Å²) in [7, 11) is 0. The van der Waals surface area contributed by atoms with Crippen LogP contribution >= 0.6 is 0 Å². The van der Waals surface area contributed by atoms with E-state index in [4.69, 9.17) is 5.11 Å². The first-order valence-corrected chi connectivity index (χ1v) is 7.61. The summed E-state index contributed by atoms with van der Waals surface area (Å²) in [6.07, 6.45) is 4.54. The maximum absolute atomic E-state index is 12.5. The minimum Gasteiger partial charge on any atom is -0.384 e. The summed E-state index contributed by atoms with van der Waals surface area (Å²) in [6, 6.07) is 5.90. The Morgan fingerprint density at radius 1 is 1.43 bits per heavy atom. The molecule has 3 heteroatoms. The van der Waals surface area contributed by atoms with Crippen molar-refractivity contribution in [2.75, 3.05) is 6.61 Å². The van der Waals surface area contributed by atoms with E-state index in [0.717, 1.165) is 18.4 Å². The van der Waals surface area contributed by atoms with Crippen LogP contribution in [0.1, 0.15) is 54.1 Å². The number of aryl methyl sites for hydroxylation is 1. The highest BCUT2D eigenvalue weighted by atomic mass is 16.2. The molecule has 2 rings (SSSR count). The Kier molecular flexibility index (Phi) is 5.41. The van der Waals surface area contributed by atoms with Crippen molar-refractivity contribution in [1.82, 2.24) is 5.32 Å². The summed E-state index contributed by atoms with van der Waals surface area (Å²) in [5, 5.41) is 12.0. The third-order valence-electron chi connectivity index (χ3n) is 3.99. The molecule has 0 saturated heterocycles. The first kappa shape index (κ1) is 15.6. The van der Waals surface area contributed by atoms with Crippen LogP contribution < -0.4 is 5.32 Å². The van der Waals surface area contributed by atoms with Gasteiger partial charge in [0.2, 0.25) is 0 Å². The topological polar surface area (TPSA) is 49.3 Å². The molecule has 1 fully saturated rings. The van der Waals surface area contributed by atoms with Crippen molar-refractivity contribution in [1.29, 1.82) is 0 Å². The molecule has 0 spiro atoms. The van der Waals surface area contributed by atoms with Gasteiger partial charge in [0.05, 0.1) is 5.56 Å². The average Bonchev–Trinajstić information content (AvgIpc) is 2.46. The molecule has 2 N–H and O–H groups in total. The lowest BCUT2D eigenvalue weighted by atomic mass is 9.87. The normalized spacial score (nSPS) is 21.3. The van der Waals surface area contributed by atoms with Crippen molar-refractivity contribution in [2.45, 2.75) is 45.6 Å². The summed E-state index contributed by atoms with van der Waals surface area (Å²) in [5.41, 5.74) is 2.32. The van der Waals surface area contributed by atoms with Crippen LogP contribution in [0.3, 0.4) is 0 Å². The van der Waals surface area contributed by atoms with Gasteiger partial charge < -0.3 is 10.4 Å². The summed E-state index contributed by atoms with van der Waals surface area (Å²) in [5.74, 6) is 6.09. The molecule has 1 saturated carbocycles. The Morgan fingerprint density at radius 3 is 2.95 bits per heavy atom. The predicted molar refractivity (Wildman–Crippen MR) is 84.0 cm³/mol. The SMILES string of the molecule is Cc1ccc(C#CCO)c(C(=O)NC2CCCC(C)C2)c1. The summed E-state index contributed by atoms with van der Waals surface area (Å²) in [4.78, 5) is 12.5. The molecular weight excluding hydrogens is 262 g/mol. The number of carbonyl (C=O) groups is 1. The third-order valence-corrected chi connectivity index (χ3v) is 3.99. The van der Waals surface area contributed by atoms with Gasteiger partial charge in [0.15, 0.2) is 0 Å². The number of aliphatic hydroxyl groups is 1. The van der Waals surface area contributed by atoms with Crippen molar-refractivity contribution in [3.8, 4) is 11.8 Å². The number of nitrogens with one attached hydrogen (secondary N) is 1. The molecule has 2 atom stereocenters. The van der Waals surface area contributed by atoms with Gasteiger partial charge in [-0.15, -0.1) is 0 Å². The van der Waals surface area contributed by atoms with E-state index in [9.17, 15) is 4.79 Å². The molecule has 0 aromatic heterocycles. The van der Waals surface area contributed by atoms with Gasteiger partial charge in [0.25, 0.3) is 5.91 Å². The molecular formula is C18H23NO2. The molecule has 21 heavy (non-hydrogen) atoms. The van der Waals surface area contributed by atoms with Gasteiger partial charge in [-0.25, -0.2) is 0 Å². The van der Waals surface area contributed by atoms with Crippen LogP contribution in [0.2, 0.25) is 0 Å². The second kappa shape index (κ2) is 7.28. The van der Waals surface area contributed by atoms with E-state index in [0.29, 0.717) is 17.0 Å². The molecule has 1 aliphatic rings. The Labute approximate surface area is 126 Å². The number of hydrogen-bond donors (Lipinski definition) is 2. The number of aliphatic hydroxyl groups excluding tert-OH is 1. The van der Waals surface area contributed by atoms with E-state index < -0.39 is 0 Å². The molecule has 1 aliphatic carbocycles. The lowest BCUT2D eigenvalue weighted by molar-refractivity contribution is 0.0921. The van der Waals surface area contributed by atoms with Crippen molar-refractivity contribution < 1.29 is 9.90 Å². The van der Waals surface area contributed by atoms with E-state index >= 15 is 0 Å². The first-order valence-electron chi connectivity index (χ1n) is 7.61. The molecule has 1 aromatic rings. The molecule has 3 nitrogen and oxygen atoms in total. The second-order valence-corrected chi connectivity index (χ2v) is 5.95. The molecule has 0 radical (unpaired) electrons. The minimum absolute atomic E-state index is 0.0555. The lowest BCUT2D eigenvalue weighted by Crippen LogP contribution is -2.38. The highest BCUT2D eigenvalue weighted by Gasteiger charge is 2.21.